The van der Waals surface area contributed by atoms with Gasteiger partial charge in [-0.15, -0.1) is 0 Å². The van der Waals surface area contributed by atoms with Crippen molar-refractivity contribution in [3.05, 3.63) is 48.2 Å². The van der Waals surface area contributed by atoms with E-state index in [-0.39, 0.29) is 31.0 Å². The number of thioether (sulfide) groups is 1. The highest BCUT2D eigenvalue weighted by molar-refractivity contribution is 7.98. The number of ether oxygens (including phenoxy) is 2. The summed E-state index contributed by atoms with van der Waals surface area (Å²) in [5.74, 6) is 0.0986. The Morgan fingerprint density at radius 1 is 1.11 bits per heavy atom. The van der Waals surface area contributed by atoms with E-state index in [4.69, 9.17) is 14.5 Å². The van der Waals surface area contributed by atoms with Gasteiger partial charge in [-0.2, -0.15) is 0 Å². The summed E-state index contributed by atoms with van der Waals surface area (Å²) in [6, 6.07) is 8.15. The number of benzene rings is 1. The summed E-state index contributed by atoms with van der Waals surface area (Å²) in [7, 11) is 0. The Hall–Kier alpha value is -2.82. The van der Waals surface area contributed by atoms with E-state index in [0.717, 1.165) is 31.2 Å². The van der Waals surface area contributed by atoms with Crippen molar-refractivity contribution in [1.29, 1.82) is 0 Å². The molecule has 2 N–H and O–H groups in total. The van der Waals surface area contributed by atoms with Crippen LogP contribution in [0, 0.1) is 11.2 Å². The molecule has 5 rings (SSSR count). The number of imidazole rings is 1. The molecule has 2 aromatic heterocycles. The highest BCUT2D eigenvalue weighted by Crippen LogP contribution is 2.36. The maximum absolute atomic E-state index is 13.6. The van der Waals surface area contributed by atoms with Crippen molar-refractivity contribution < 1.29 is 18.7 Å². The van der Waals surface area contributed by atoms with Gasteiger partial charge in [-0.25, -0.2) is 19.3 Å². The number of carbonyl (C=O) groups excluding carboxylic acids is 1. The second-order valence-electron chi connectivity index (χ2n) is 9.60. The average molecular weight is 512 g/mol. The number of rotatable bonds is 6. The molecule has 0 spiro atoms. The van der Waals surface area contributed by atoms with Crippen LogP contribution in [0.5, 0.6) is 0 Å². The fraction of sp³-hybridized carbons (Fsp3) is 0.462. The summed E-state index contributed by atoms with van der Waals surface area (Å²) in [5.41, 5.74) is 1.87. The van der Waals surface area contributed by atoms with Gasteiger partial charge in [-0.05, 0) is 56.4 Å². The van der Waals surface area contributed by atoms with Gasteiger partial charge in [0.15, 0.2) is 11.0 Å². The van der Waals surface area contributed by atoms with Crippen LogP contribution >= 0.6 is 11.8 Å². The van der Waals surface area contributed by atoms with E-state index in [9.17, 15) is 9.18 Å². The lowest BCUT2D eigenvalue weighted by molar-refractivity contribution is -0.231. The largest absolute Gasteiger partial charge is 0.353 e. The first kappa shape index (κ1) is 24.9. The number of nitrogens with zero attached hydrogens (tertiary/aromatic N) is 3. The molecule has 3 heterocycles. The normalized spacial score (nSPS) is 22.9. The Bertz CT molecular complexity index is 1200. The second kappa shape index (κ2) is 10.7. The fourth-order valence-corrected chi connectivity index (χ4v) is 4.94. The minimum atomic E-state index is -0.775. The number of hydrogen-bond acceptors (Lipinski definition) is 7. The van der Waals surface area contributed by atoms with E-state index in [2.05, 4.69) is 20.3 Å². The van der Waals surface area contributed by atoms with E-state index >= 15 is 0 Å². The molecule has 0 unspecified atom stereocenters. The molecule has 1 aliphatic heterocycles. The first-order valence-electron chi connectivity index (χ1n) is 12.2. The zero-order chi connectivity index (χ0) is 25.1. The van der Waals surface area contributed by atoms with E-state index in [1.54, 1.807) is 24.4 Å². The SMILES string of the molecule is CSc1nccc(-c2[nH]c(C3OCC(C)(C(=O)NC4CCCCC4)CO3)nc2-c2ccc(F)cc2)n1. The lowest BCUT2D eigenvalue weighted by Crippen LogP contribution is -2.51. The fourth-order valence-electron chi connectivity index (χ4n) is 4.59. The van der Waals surface area contributed by atoms with Crippen LogP contribution in [-0.4, -0.2) is 51.4 Å². The first-order chi connectivity index (χ1) is 17.4. The van der Waals surface area contributed by atoms with Gasteiger partial charge in [0.2, 0.25) is 12.2 Å². The van der Waals surface area contributed by atoms with Crippen molar-refractivity contribution in [2.75, 3.05) is 19.5 Å². The third-order valence-corrected chi connectivity index (χ3v) is 7.29. The van der Waals surface area contributed by atoms with Crippen LogP contribution in [0.2, 0.25) is 0 Å². The highest BCUT2D eigenvalue weighted by Gasteiger charge is 2.41. The molecule has 0 bridgehead atoms. The van der Waals surface area contributed by atoms with Crippen molar-refractivity contribution in [3.8, 4) is 22.6 Å². The van der Waals surface area contributed by atoms with Crippen molar-refractivity contribution in [2.45, 2.75) is 56.5 Å². The Kier molecular flexibility index (Phi) is 7.36. The standard InChI is InChI=1S/C26H30FN5O3S/c1-26(24(33)29-18-6-4-3-5-7-18)14-34-23(35-15-26)22-31-20(16-8-10-17(27)11-9-16)21(32-22)19-12-13-28-25(30-19)36-2/h8-13,18,23H,3-7,14-15H2,1-2H3,(H,29,33)(H,31,32). The van der Waals surface area contributed by atoms with Crippen LogP contribution in [0.1, 0.15) is 51.1 Å². The number of nitrogens with one attached hydrogen (secondary N) is 2. The second-order valence-corrected chi connectivity index (χ2v) is 10.4. The number of aromatic amines is 1. The van der Waals surface area contributed by atoms with Gasteiger partial charge >= 0.3 is 0 Å². The summed E-state index contributed by atoms with van der Waals surface area (Å²) >= 11 is 1.44. The third-order valence-electron chi connectivity index (χ3n) is 6.73. The van der Waals surface area contributed by atoms with Crippen LogP contribution in [0.4, 0.5) is 4.39 Å². The molecule has 2 aliphatic rings. The van der Waals surface area contributed by atoms with Crippen LogP contribution in [0.3, 0.4) is 0 Å². The maximum Gasteiger partial charge on any atom is 0.230 e. The number of halogens is 1. The Morgan fingerprint density at radius 2 is 1.83 bits per heavy atom. The topological polar surface area (TPSA) is 102 Å². The molecule has 1 aromatic carbocycles. The number of H-pyrrole nitrogens is 1. The smallest absolute Gasteiger partial charge is 0.230 e. The molecule has 0 atom stereocenters. The van der Waals surface area contributed by atoms with Crippen molar-refractivity contribution >= 4 is 17.7 Å². The summed E-state index contributed by atoms with van der Waals surface area (Å²) in [6.45, 7) is 2.29. The Labute approximate surface area is 213 Å². The highest BCUT2D eigenvalue weighted by atomic mass is 32.2. The Balaban J connectivity index is 1.37. The molecule has 8 nitrogen and oxygen atoms in total. The minimum Gasteiger partial charge on any atom is -0.353 e. The molecule has 1 aliphatic carbocycles. The lowest BCUT2D eigenvalue weighted by atomic mass is 9.89. The summed E-state index contributed by atoms with van der Waals surface area (Å²) < 4.78 is 25.6. The van der Waals surface area contributed by atoms with Crippen LogP contribution in [-0.2, 0) is 14.3 Å². The molecular weight excluding hydrogens is 481 g/mol. The zero-order valence-corrected chi connectivity index (χ0v) is 21.2. The van der Waals surface area contributed by atoms with Crippen molar-refractivity contribution in [1.82, 2.24) is 25.3 Å². The van der Waals surface area contributed by atoms with Crippen molar-refractivity contribution in [2.24, 2.45) is 5.41 Å². The van der Waals surface area contributed by atoms with E-state index < -0.39 is 11.7 Å². The number of carbonyl (C=O) groups is 1. The van der Waals surface area contributed by atoms with Gasteiger partial charge in [-0.1, -0.05) is 31.0 Å². The van der Waals surface area contributed by atoms with E-state index in [1.807, 2.05) is 13.2 Å². The van der Waals surface area contributed by atoms with E-state index in [0.29, 0.717) is 28.1 Å². The monoisotopic (exact) mass is 511 g/mol. The summed E-state index contributed by atoms with van der Waals surface area (Å²) in [4.78, 5) is 29.9. The molecule has 190 valence electrons. The van der Waals surface area contributed by atoms with Gasteiger partial charge in [0, 0.05) is 17.8 Å². The van der Waals surface area contributed by atoms with Crippen LogP contribution < -0.4 is 5.32 Å². The Morgan fingerprint density at radius 3 is 2.53 bits per heavy atom. The molecule has 0 radical (unpaired) electrons. The van der Waals surface area contributed by atoms with Gasteiger partial charge in [0.1, 0.15) is 5.82 Å². The van der Waals surface area contributed by atoms with E-state index in [1.165, 1.54) is 30.3 Å². The average Bonchev–Trinajstić information content (AvgIpc) is 3.35. The van der Waals surface area contributed by atoms with Crippen LogP contribution in [0.25, 0.3) is 22.6 Å². The number of hydrogen-bond donors (Lipinski definition) is 2. The molecular formula is C26H30FN5O3S. The molecule has 3 aromatic rings. The molecule has 10 heteroatoms. The number of amides is 1. The van der Waals surface area contributed by atoms with Gasteiger partial charge in [-0.3, -0.25) is 4.79 Å². The molecule has 36 heavy (non-hydrogen) atoms. The quantitative estimate of drug-likeness (QED) is 0.359. The maximum atomic E-state index is 13.6. The first-order valence-corrected chi connectivity index (χ1v) is 13.4. The van der Waals surface area contributed by atoms with Gasteiger partial charge in [0.25, 0.3) is 0 Å². The third kappa shape index (κ3) is 5.30. The minimum absolute atomic E-state index is 0.0365. The predicted octanol–water partition coefficient (Wildman–Crippen LogP) is 4.90. The molecule has 1 saturated heterocycles. The predicted molar refractivity (Wildman–Crippen MR) is 135 cm³/mol. The lowest BCUT2D eigenvalue weighted by Gasteiger charge is -2.37. The number of aromatic nitrogens is 4. The van der Waals surface area contributed by atoms with Gasteiger partial charge in [0.05, 0.1) is 35.7 Å². The summed E-state index contributed by atoms with van der Waals surface area (Å²) in [6.07, 6.45) is 8.41. The van der Waals surface area contributed by atoms with Gasteiger partial charge < -0.3 is 19.8 Å². The molecule has 1 amide bonds. The summed E-state index contributed by atoms with van der Waals surface area (Å²) in [5, 5.41) is 3.81. The zero-order valence-electron chi connectivity index (χ0n) is 20.4. The van der Waals surface area contributed by atoms with Crippen molar-refractivity contribution in [3.63, 3.8) is 0 Å². The molecule has 2 fully saturated rings. The van der Waals surface area contributed by atoms with Crippen LogP contribution in [0.15, 0.2) is 41.7 Å². The molecule has 1 saturated carbocycles.